The molecule has 0 radical (unpaired) electrons. The van der Waals surface area contributed by atoms with Crippen molar-refractivity contribution in [2.24, 2.45) is 18.4 Å². The standard InChI is InChI=1S/C16H27N3O2/c1-11(2)9-16(7-5-6-8-16)10-17-14-13(15(20)21)12(3)18-19(14)4/h11,17H,5-10H2,1-4H3,(H,20,21). The summed E-state index contributed by atoms with van der Waals surface area (Å²) in [5.41, 5.74) is 1.18. The highest BCUT2D eigenvalue weighted by molar-refractivity contribution is 5.94. The summed E-state index contributed by atoms with van der Waals surface area (Å²) in [6.07, 6.45) is 6.23. The molecule has 2 rings (SSSR count). The van der Waals surface area contributed by atoms with Crippen LogP contribution in [0.15, 0.2) is 0 Å². The van der Waals surface area contributed by atoms with Gasteiger partial charge in [0.1, 0.15) is 11.4 Å². The van der Waals surface area contributed by atoms with Gasteiger partial charge in [-0.15, -0.1) is 0 Å². The molecule has 0 aromatic carbocycles. The second-order valence-electron chi connectivity index (χ2n) is 6.90. The Morgan fingerprint density at radius 3 is 2.57 bits per heavy atom. The molecule has 5 heteroatoms. The number of hydrogen-bond donors (Lipinski definition) is 2. The van der Waals surface area contributed by atoms with Crippen LogP contribution in [0.5, 0.6) is 0 Å². The third-order valence-electron chi connectivity index (χ3n) is 4.57. The molecule has 5 nitrogen and oxygen atoms in total. The Morgan fingerprint density at radius 2 is 2.05 bits per heavy atom. The predicted molar refractivity (Wildman–Crippen MR) is 83.8 cm³/mol. The minimum Gasteiger partial charge on any atom is -0.477 e. The normalized spacial score (nSPS) is 17.4. The van der Waals surface area contributed by atoms with Crippen molar-refractivity contribution in [1.29, 1.82) is 0 Å². The van der Waals surface area contributed by atoms with E-state index < -0.39 is 5.97 Å². The van der Waals surface area contributed by atoms with Crippen molar-refractivity contribution in [3.8, 4) is 0 Å². The van der Waals surface area contributed by atoms with E-state index in [1.165, 1.54) is 32.1 Å². The van der Waals surface area contributed by atoms with Crippen LogP contribution in [0.2, 0.25) is 0 Å². The fourth-order valence-corrected chi connectivity index (χ4v) is 3.83. The highest BCUT2D eigenvalue weighted by Crippen LogP contribution is 2.43. The van der Waals surface area contributed by atoms with Gasteiger partial charge in [0, 0.05) is 13.6 Å². The van der Waals surface area contributed by atoms with E-state index in [2.05, 4.69) is 24.3 Å². The molecule has 0 saturated heterocycles. The van der Waals surface area contributed by atoms with Crippen molar-refractivity contribution >= 4 is 11.8 Å². The summed E-state index contributed by atoms with van der Waals surface area (Å²) in [4.78, 5) is 11.4. The van der Waals surface area contributed by atoms with E-state index in [1.54, 1.807) is 18.7 Å². The third-order valence-corrected chi connectivity index (χ3v) is 4.57. The van der Waals surface area contributed by atoms with Crippen molar-refractivity contribution in [2.75, 3.05) is 11.9 Å². The minimum absolute atomic E-state index is 0.301. The van der Waals surface area contributed by atoms with Crippen LogP contribution in [0, 0.1) is 18.3 Å². The van der Waals surface area contributed by atoms with Gasteiger partial charge in [-0.2, -0.15) is 5.10 Å². The molecule has 1 aromatic rings. The zero-order valence-corrected chi connectivity index (χ0v) is 13.6. The molecular weight excluding hydrogens is 266 g/mol. The van der Waals surface area contributed by atoms with E-state index in [-0.39, 0.29) is 0 Å². The van der Waals surface area contributed by atoms with Gasteiger partial charge in [-0.1, -0.05) is 26.7 Å². The van der Waals surface area contributed by atoms with Gasteiger partial charge in [-0.3, -0.25) is 4.68 Å². The summed E-state index contributed by atoms with van der Waals surface area (Å²) in [5, 5.41) is 17.0. The average Bonchev–Trinajstić information content (AvgIpc) is 2.91. The zero-order valence-electron chi connectivity index (χ0n) is 13.6. The van der Waals surface area contributed by atoms with E-state index in [9.17, 15) is 9.90 Å². The van der Waals surface area contributed by atoms with Gasteiger partial charge < -0.3 is 10.4 Å². The van der Waals surface area contributed by atoms with E-state index in [1.807, 2.05) is 0 Å². The zero-order chi connectivity index (χ0) is 15.6. The first kappa shape index (κ1) is 15.9. The molecular formula is C16H27N3O2. The van der Waals surface area contributed by atoms with Crippen LogP contribution in [0.4, 0.5) is 5.82 Å². The molecule has 1 heterocycles. The summed E-state index contributed by atoms with van der Waals surface area (Å²) in [6.45, 7) is 7.10. The van der Waals surface area contributed by atoms with Crippen LogP contribution in [0.1, 0.15) is 62.0 Å². The van der Waals surface area contributed by atoms with Crippen LogP contribution < -0.4 is 5.32 Å². The van der Waals surface area contributed by atoms with Gasteiger partial charge in [0.25, 0.3) is 0 Å². The maximum absolute atomic E-state index is 11.4. The number of aryl methyl sites for hydroxylation is 2. The Labute approximate surface area is 126 Å². The number of aromatic carboxylic acids is 1. The Hall–Kier alpha value is -1.52. The average molecular weight is 293 g/mol. The smallest absolute Gasteiger partial charge is 0.341 e. The van der Waals surface area contributed by atoms with Crippen LogP contribution in [-0.4, -0.2) is 27.4 Å². The first-order valence-corrected chi connectivity index (χ1v) is 7.85. The van der Waals surface area contributed by atoms with Crippen molar-refractivity contribution in [1.82, 2.24) is 9.78 Å². The van der Waals surface area contributed by atoms with Gasteiger partial charge in [-0.25, -0.2) is 4.79 Å². The molecule has 21 heavy (non-hydrogen) atoms. The second-order valence-corrected chi connectivity index (χ2v) is 6.90. The molecule has 1 aromatic heterocycles. The number of hydrogen-bond acceptors (Lipinski definition) is 3. The molecule has 1 saturated carbocycles. The number of rotatable bonds is 6. The SMILES string of the molecule is Cc1nn(C)c(NCC2(CC(C)C)CCCC2)c1C(=O)O. The van der Waals surface area contributed by atoms with Crippen LogP contribution in [-0.2, 0) is 7.05 Å². The molecule has 0 unspecified atom stereocenters. The van der Waals surface area contributed by atoms with Gasteiger partial charge >= 0.3 is 5.97 Å². The lowest BCUT2D eigenvalue weighted by Gasteiger charge is -2.31. The predicted octanol–water partition coefficient (Wildman–Crippen LogP) is 3.45. The van der Waals surface area contributed by atoms with Gasteiger partial charge in [0.05, 0.1) is 5.69 Å². The van der Waals surface area contributed by atoms with Crippen molar-refractivity contribution in [3.63, 3.8) is 0 Å². The maximum atomic E-state index is 11.4. The van der Waals surface area contributed by atoms with Gasteiger partial charge in [0.15, 0.2) is 0 Å². The van der Waals surface area contributed by atoms with Crippen molar-refractivity contribution in [3.05, 3.63) is 11.3 Å². The monoisotopic (exact) mass is 293 g/mol. The Kier molecular flexibility index (Phi) is 4.59. The topological polar surface area (TPSA) is 67.2 Å². The van der Waals surface area contributed by atoms with Crippen LogP contribution >= 0.6 is 0 Å². The van der Waals surface area contributed by atoms with E-state index in [4.69, 9.17) is 0 Å². The molecule has 118 valence electrons. The van der Waals surface area contributed by atoms with Gasteiger partial charge in [-0.05, 0) is 37.5 Å². The Bertz CT molecular complexity index is 514. The molecule has 0 spiro atoms. The van der Waals surface area contributed by atoms with Crippen LogP contribution in [0.3, 0.4) is 0 Å². The summed E-state index contributed by atoms with van der Waals surface area (Å²) >= 11 is 0. The molecule has 1 aliphatic carbocycles. The number of aromatic nitrogens is 2. The molecule has 0 aliphatic heterocycles. The summed E-state index contributed by atoms with van der Waals surface area (Å²) in [7, 11) is 1.80. The van der Waals surface area contributed by atoms with Crippen molar-refractivity contribution in [2.45, 2.75) is 52.9 Å². The molecule has 1 aliphatic rings. The molecule has 0 amide bonds. The highest BCUT2D eigenvalue weighted by atomic mass is 16.4. The van der Waals surface area contributed by atoms with E-state index in [0.717, 1.165) is 6.54 Å². The van der Waals surface area contributed by atoms with E-state index in [0.29, 0.717) is 28.4 Å². The van der Waals surface area contributed by atoms with E-state index >= 15 is 0 Å². The largest absolute Gasteiger partial charge is 0.477 e. The Morgan fingerprint density at radius 1 is 1.43 bits per heavy atom. The minimum atomic E-state index is -0.910. The fraction of sp³-hybridized carbons (Fsp3) is 0.750. The molecule has 0 bridgehead atoms. The number of carbonyl (C=O) groups is 1. The van der Waals surface area contributed by atoms with Crippen molar-refractivity contribution < 1.29 is 9.90 Å². The second kappa shape index (κ2) is 6.08. The molecule has 2 N–H and O–H groups in total. The number of nitrogens with one attached hydrogen (secondary N) is 1. The number of anilines is 1. The van der Waals surface area contributed by atoms with Crippen LogP contribution in [0.25, 0.3) is 0 Å². The summed E-state index contributed by atoms with van der Waals surface area (Å²) in [5.74, 6) is 0.389. The lowest BCUT2D eigenvalue weighted by atomic mass is 9.78. The number of carboxylic acid groups (broad SMARTS) is 1. The number of nitrogens with zero attached hydrogens (tertiary/aromatic N) is 2. The molecule has 1 fully saturated rings. The lowest BCUT2D eigenvalue weighted by molar-refractivity contribution is 0.0697. The Balaban J connectivity index is 2.16. The lowest BCUT2D eigenvalue weighted by Crippen LogP contribution is -2.29. The summed E-state index contributed by atoms with van der Waals surface area (Å²) < 4.78 is 1.65. The third kappa shape index (κ3) is 3.39. The maximum Gasteiger partial charge on any atom is 0.341 e. The highest BCUT2D eigenvalue weighted by Gasteiger charge is 2.35. The fourth-order valence-electron chi connectivity index (χ4n) is 3.83. The van der Waals surface area contributed by atoms with Gasteiger partial charge in [0.2, 0.25) is 0 Å². The quantitative estimate of drug-likeness (QED) is 0.843. The molecule has 0 atom stereocenters. The first-order chi connectivity index (χ1) is 9.84. The number of carboxylic acids is 1. The summed E-state index contributed by atoms with van der Waals surface area (Å²) in [6, 6.07) is 0. The first-order valence-electron chi connectivity index (χ1n) is 7.85.